The van der Waals surface area contributed by atoms with Gasteiger partial charge in [0.05, 0.1) is 10.5 Å². The van der Waals surface area contributed by atoms with E-state index < -0.39 is 5.54 Å². The maximum atomic E-state index is 12.5. The van der Waals surface area contributed by atoms with Gasteiger partial charge in [-0.05, 0) is 38.4 Å². The summed E-state index contributed by atoms with van der Waals surface area (Å²) in [5.74, 6) is -0.0968. The summed E-state index contributed by atoms with van der Waals surface area (Å²) in [5, 5.41) is 3.08. The summed E-state index contributed by atoms with van der Waals surface area (Å²) >= 11 is 5.21. The molecule has 1 heterocycles. The molecule has 0 spiro atoms. The summed E-state index contributed by atoms with van der Waals surface area (Å²) in [4.78, 5) is 15.1. The molecule has 0 aliphatic carbocycles. The van der Waals surface area contributed by atoms with E-state index in [9.17, 15) is 4.79 Å². The molecule has 1 amide bonds. The van der Waals surface area contributed by atoms with Gasteiger partial charge in [0.1, 0.15) is 0 Å². The number of benzene rings is 1. The van der Waals surface area contributed by atoms with Crippen LogP contribution in [-0.4, -0.2) is 41.5 Å². The smallest absolute Gasteiger partial charge is 0.252 e. The van der Waals surface area contributed by atoms with Gasteiger partial charge in [-0.3, -0.25) is 4.79 Å². The quantitative estimate of drug-likeness (QED) is 0.828. The largest absolute Gasteiger partial charge is 0.391 e. The molecular weight excluding hydrogens is 270 g/mol. The molecule has 0 saturated carbocycles. The summed E-state index contributed by atoms with van der Waals surface area (Å²) in [6.45, 7) is 3.69. The number of rotatable bonds is 3. The fourth-order valence-corrected chi connectivity index (χ4v) is 2.80. The van der Waals surface area contributed by atoms with Gasteiger partial charge in [0.2, 0.25) is 0 Å². The lowest BCUT2D eigenvalue weighted by atomic mass is 9.87. The molecule has 1 saturated heterocycles. The minimum atomic E-state index is -0.554. The predicted molar refractivity (Wildman–Crippen MR) is 84.9 cm³/mol. The van der Waals surface area contributed by atoms with Crippen LogP contribution in [0.1, 0.15) is 28.8 Å². The molecule has 0 unspecified atom stereocenters. The van der Waals surface area contributed by atoms with E-state index in [1.54, 1.807) is 0 Å². The van der Waals surface area contributed by atoms with E-state index >= 15 is 0 Å². The molecule has 4 nitrogen and oxygen atoms in total. The molecule has 5 heteroatoms. The van der Waals surface area contributed by atoms with Crippen molar-refractivity contribution < 1.29 is 4.79 Å². The molecule has 3 N–H and O–H groups in total. The average Bonchev–Trinajstić information content (AvgIpc) is 2.41. The van der Waals surface area contributed by atoms with Gasteiger partial charge in [0.15, 0.2) is 0 Å². The molecule has 0 aromatic heterocycles. The van der Waals surface area contributed by atoms with E-state index in [4.69, 9.17) is 18.0 Å². The topological polar surface area (TPSA) is 58.4 Å². The van der Waals surface area contributed by atoms with E-state index in [1.807, 2.05) is 31.2 Å². The Morgan fingerprint density at radius 1 is 1.35 bits per heavy atom. The number of likely N-dealkylation sites (tertiary alicyclic amines) is 1. The Balaban J connectivity index is 2.19. The summed E-state index contributed by atoms with van der Waals surface area (Å²) in [5.41, 5.74) is 6.99. The third-order valence-electron chi connectivity index (χ3n) is 4.05. The Bertz CT molecular complexity index is 522. The van der Waals surface area contributed by atoms with Crippen LogP contribution in [-0.2, 0) is 0 Å². The molecule has 1 aromatic rings. The first-order valence-corrected chi connectivity index (χ1v) is 7.22. The molecular formula is C15H21N3OS. The molecule has 1 aliphatic heterocycles. The van der Waals surface area contributed by atoms with Crippen LogP contribution in [0.3, 0.4) is 0 Å². The first-order chi connectivity index (χ1) is 9.44. The summed E-state index contributed by atoms with van der Waals surface area (Å²) in [7, 11) is 2.06. The zero-order chi connectivity index (χ0) is 14.8. The molecule has 1 aromatic carbocycles. The highest BCUT2D eigenvalue weighted by Gasteiger charge is 2.38. The Morgan fingerprint density at radius 2 is 1.95 bits per heavy atom. The van der Waals surface area contributed by atoms with Crippen molar-refractivity contribution in [3.63, 3.8) is 0 Å². The summed E-state index contributed by atoms with van der Waals surface area (Å²) in [6.07, 6.45) is 1.52. The highest BCUT2D eigenvalue weighted by molar-refractivity contribution is 7.80. The van der Waals surface area contributed by atoms with Crippen LogP contribution in [0.15, 0.2) is 24.3 Å². The van der Waals surface area contributed by atoms with Crippen molar-refractivity contribution in [1.29, 1.82) is 0 Å². The Kier molecular flexibility index (Phi) is 4.40. The number of nitrogens with zero attached hydrogens (tertiary/aromatic N) is 1. The number of carbonyl (C=O) groups excluding carboxylic acids is 1. The minimum absolute atomic E-state index is 0.0968. The Hall–Kier alpha value is -1.46. The molecule has 0 bridgehead atoms. The number of piperidine rings is 1. The van der Waals surface area contributed by atoms with Crippen LogP contribution in [0.25, 0.3) is 0 Å². The highest BCUT2D eigenvalue weighted by atomic mass is 32.1. The van der Waals surface area contributed by atoms with Crippen molar-refractivity contribution in [1.82, 2.24) is 10.2 Å². The predicted octanol–water partition coefficient (Wildman–Crippen LogP) is 1.48. The molecule has 0 radical (unpaired) electrons. The normalized spacial score (nSPS) is 18.5. The van der Waals surface area contributed by atoms with Crippen LogP contribution in [0, 0.1) is 6.92 Å². The summed E-state index contributed by atoms with van der Waals surface area (Å²) in [6, 6.07) is 7.54. The van der Waals surface area contributed by atoms with Crippen LogP contribution in [0.2, 0.25) is 0 Å². The van der Waals surface area contributed by atoms with Gasteiger partial charge in [-0.25, -0.2) is 0 Å². The number of hydrogen-bond donors (Lipinski definition) is 2. The van der Waals surface area contributed by atoms with Gasteiger partial charge in [0, 0.05) is 18.7 Å². The Labute approximate surface area is 125 Å². The third kappa shape index (κ3) is 2.99. The van der Waals surface area contributed by atoms with Crippen LogP contribution >= 0.6 is 12.2 Å². The lowest BCUT2D eigenvalue weighted by Crippen LogP contribution is -2.61. The van der Waals surface area contributed by atoms with Crippen molar-refractivity contribution in [2.45, 2.75) is 25.3 Å². The van der Waals surface area contributed by atoms with E-state index in [0.29, 0.717) is 10.6 Å². The van der Waals surface area contributed by atoms with Crippen molar-refractivity contribution in [2.24, 2.45) is 5.73 Å². The maximum Gasteiger partial charge on any atom is 0.252 e. The number of hydrogen-bond acceptors (Lipinski definition) is 3. The SMILES string of the molecule is Cc1ccccc1C(=O)NC1(C(N)=S)CCN(C)CC1. The fraction of sp³-hybridized carbons (Fsp3) is 0.467. The molecule has 1 fully saturated rings. The van der Waals surface area contributed by atoms with Crippen molar-refractivity contribution in [3.8, 4) is 0 Å². The molecule has 0 atom stereocenters. The van der Waals surface area contributed by atoms with Crippen molar-refractivity contribution >= 4 is 23.1 Å². The lowest BCUT2D eigenvalue weighted by molar-refractivity contribution is 0.0889. The van der Waals surface area contributed by atoms with Crippen LogP contribution < -0.4 is 11.1 Å². The number of amides is 1. The molecule has 2 rings (SSSR count). The van der Waals surface area contributed by atoms with Gasteiger partial charge in [-0.2, -0.15) is 0 Å². The molecule has 20 heavy (non-hydrogen) atoms. The van der Waals surface area contributed by atoms with E-state index in [0.717, 1.165) is 31.5 Å². The standard InChI is InChI=1S/C15H21N3OS/c1-11-5-3-4-6-12(11)13(19)17-15(14(16)20)7-9-18(2)10-8-15/h3-6H,7-10H2,1-2H3,(H2,16,20)(H,17,19). The third-order valence-corrected chi connectivity index (χ3v) is 4.45. The number of carbonyl (C=O) groups is 1. The van der Waals surface area contributed by atoms with Crippen molar-refractivity contribution in [2.75, 3.05) is 20.1 Å². The lowest BCUT2D eigenvalue weighted by Gasteiger charge is -2.40. The maximum absolute atomic E-state index is 12.5. The number of thiocarbonyl (C=S) groups is 1. The van der Waals surface area contributed by atoms with Gasteiger partial charge in [-0.15, -0.1) is 0 Å². The summed E-state index contributed by atoms with van der Waals surface area (Å²) < 4.78 is 0. The van der Waals surface area contributed by atoms with E-state index in [1.165, 1.54) is 0 Å². The number of aryl methyl sites for hydroxylation is 1. The fourth-order valence-electron chi connectivity index (χ4n) is 2.55. The van der Waals surface area contributed by atoms with E-state index in [-0.39, 0.29) is 5.91 Å². The molecule has 1 aliphatic rings. The average molecular weight is 291 g/mol. The Morgan fingerprint density at radius 3 is 2.50 bits per heavy atom. The second-order valence-electron chi connectivity index (χ2n) is 5.52. The zero-order valence-corrected chi connectivity index (χ0v) is 12.8. The second kappa shape index (κ2) is 5.89. The first-order valence-electron chi connectivity index (χ1n) is 6.81. The first kappa shape index (κ1) is 14.9. The van der Waals surface area contributed by atoms with Gasteiger partial charge in [-0.1, -0.05) is 30.4 Å². The monoisotopic (exact) mass is 291 g/mol. The minimum Gasteiger partial charge on any atom is -0.391 e. The molecule has 108 valence electrons. The van der Waals surface area contributed by atoms with Crippen LogP contribution in [0.5, 0.6) is 0 Å². The van der Waals surface area contributed by atoms with Crippen molar-refractivity contribution in [3.05, 3.63) is 35.4 Å². The second-order valence-corrected chi connectivity index (χ2v) is 5.96. The van der Waals surface area contributed by atoms with Gasteiger partial charge < -0.3 is 16.0 Å². The van der Waals surface area contributed by atoms with E-state index in [2.05, 4.69) is 17.3 Å². The number of nitrogens with one attached hydrogen (secondary N) is 1. The number of nitrogens with two attached hydrogens (primary N) is 1. The van der Waals surface area contributed by atoms with Gasteiger partial charge in [0.25, 0.3) is 5.91 Å². The van der Waals surface area contributed by atoms with Gasteiger partial charge >= 0.3 is 0 Å². The van der Waals surface area contributed by atoms with Crippen LogP contribution in [0.4, 0.5) is 0 Å². The highest BCUT2D eigenvalue weighted by Crippen LogP contribution is 2.23. The zero-order valence-electron chi connectivity index (χ0n) is 12.0.